The number of aromatic nitrogens is 1. The van der Waals surface area contributed by atoms with E-state index in [1.54, 1.807) is 31.4 Å². The van der Waals surface area contributed by atoms with Gasteiger partial charge in [0.1, 0.15) is 11.3 Å². The molecule has 3 N–H and O–H groups in total. The van der Waals surface area contributed by atoms with Gasteiger partial charge in [-0.2, -0.15) is 0 Å². The number of ether oxygens (including phenoxy) is 1. The van der Waals surface area contributed by atoms with Crippen molar-refractivity contribution in [3.63, 3.8) is 0 Å². The second-order valence-electron chi connectivity index (χ2n) is 14.3. The number of carboxylic acid groups (broad SMARTS) is 1. The lowest BCUT2D eigenvalue weighted by molar-refractivity contribution is -0.131. The van der Waals surface area contributed by atoms with Crippen LogP contribution in [-0.4, -0.2) is 52.7 Å². The van der Waals surface area contributed by atoms with Crippen LogP contribution in [0.25, 0.3) is 28.2 Å². The first-order valence-corrected chi connectivity index (χ1v) is 17.9. The SMILES string of the molecule is COc1ccc2c(c1)N(C(C)C)CCn1c-2c(C2CCCCC2)c2ccc(C(=O)NC3(C(=O)Nc4ccc(/C=C/C(=O)O)cc4)CCC3)cc21. The van der Waals surface area contributed by atoms with E-state index in [9.17, 15) is 14.4 Å². The van der Waals surface area contributed by atoms with Crippen molar-refractivity contribution in [2.24, 2.45) is 0 Å². The standard InChI is InChI=1S/C41H46N4O5/c1-26(2)44-22-23-45-34-24-29(39(48)43-41(20-7-21-41)40(49)42-30-14-10-27(11-15-30)12-19-36(46)47)13-17-32(34)37(28-8-5-4-6-9-28)38(45)33-18-16-31(50-3)25-35(33)44/h10-19,24-26,28H,4-9,20-23H2,1-3H3,(H,42,49)(H,43,48)(H,46,47)/b19-12+. The van der Waals surface area contributed by atoms with Gasteiger partial charge in [-0.15, -0.1) is 0 Å². The highest BCUT2D eigenvalue weighted by Crippen LogP contribution is 2.48. The number of amides is 2. The molecule has 1 aliphatic heterocycles. The molecule has 2 fully saturated rings. The Morgan fingerprint density at radius 1 is 0.940 bits per heavy atom. The Bertz CT molecular complexity index is 1960. The summed E-state index contributed by atoms with van der Waals surface area (Å²) in [4.78, 5) is 40.9. The molecule has 0 unspecified atom stereocenters. The Morgan fingerprint density at radius 2 is 1.70 bits per heavy atom. The molecule has 1 aromatic heterocycles. The molecule has 0 saturated heterocycles. The fourth-order valence-electron chi connectivity index (χ4n) is 8.11. The normalized spacial score (nSPS) is 17.2. The van der Waals surface area contributed by atoms with E-state index in [0.29, 0.717) is 41.6 Å². The fraction of sp³-hybridized carbons (Fsp3) is 0.390. The Hall–Kier alpha value is -5.05. The Morgan fingerprint density at radius 3 is 2.36 bits per heavy atom. The van der Waals surface area contributed by atoms with E-state index in [4.69, 9.17) is 9.84 Å². The van der Waals surface area contributed by atoms with Crippen molar-refractivity contribution in [3.8, 4) is 17.0 Å². The van der Waals surface area contributed by atoms with Gasteiger partial charge in [0.15, 0.2) is 0 Å². The summed E-state index contributed by atoms with van der Waals surface area (Å²) < 4.78 is 8.12. The van der Waals surface area contributed by atoms with E-state index in [-0.39, 0.29) is 11.8 Å². The minimum atomic E-state index is -1.02. The average molecular weight is 675 g/mol. The molecule has 2 amide bonds. The van der Waals surface area contributed by atoms with Gasteiger partial charge >= 0.3 is 5.97 Å². The topological polar surface area (TPSA) is 113 Å². The molecule has 0 atom stereocenters. The van der Waals surface area contributed by atoms with Gasteiger partial charge in [0.25, 0.3) is 5.91 Å². The molecule has 0 spiro atoms. The number of hydrogen-bond donors (Lipinski definition) is 3. The minimum Gasteiger partial charge on any atom is -0.497 e. The second-order valence-corrected chi connectivity index (χ2v) is 14.3. The first-order valence-electron chi connectivity index (χ1n) is 17.9. The van der Waals surface area contributed by atoms with Gasteiger partial charge in [0.05, 0.1) is 18.5 Å². The monoisotopic (exact) mass is 674 g/mol. The lowest BCUT2D eigenvalue weighted by atomic mass is 9.75. The molecule has 50 heavy (non-hydrogen) atoms. The summed E-state index contributed by atoms with van der Waals surface area (Å²) in [6.07, 6.45) is 10.6. The number of carbonyl (C=O) groups excluding carboxylic acids is 2. The number of hydrogen-bond acceptors (Lipinski definition) is 5. The number of nitrogens with one attached hydrogen (secondary N) is 2. The maximum atomic E-state index is 14.0. The number of carbonyl (C=O) groups is 3. The van der Waals surface area contributed by atoms with Crippen LogP contribution in [0.5, 0.6) is 5.75 Å². The predicted octanol–water partition coefficient (Wildman–Crippen LogP) is 7.98. The third-order valence-electron chi connectivity index (χ3n) is 10.9. The van der Waals surface area contributed by atoms with E-state index in [2.05, 4.69) is 58.2 Å². The second kappa shape index (κ2) is 13.7. The average Bonchev–Trinajstić information content (AvgIpc) is 3.32. The molecule has 260 valence electrons. The molecular formula is C41H46N4O5. The predicted molar refractivity (Wildman–Crippen MR) is 198 cm³/mol. The number of anilines is 2. The number of fused-ring (bicyclic) bond motifs is 5. The Labute approximate surface area is 293 Å². The number of nitrogens with zero attached hydrogens (tertiary/aromatic N) is 2. The van der Waals surface area contributed by atoms with Crippen molar-refractivity contribution in [2.45, 2.75) is 89.3 Å². The highest BCUT2D eigenvalue weighted by atomic mass is 16.5. The molecule has 2 saturated carbocycles. The maximum absolute atomic E-state index is 14.0. The van der Waals surface area contributed by atoms with Crippen LogP contribution < -0.4 is 20.3 Å². The molecule has 3 aromatic carbocycles. The van der Waals surface area contributed by atoms with Crippen LogP contribution in [-0.2, 0) is 16.1 Å². The van der Waals surface area contributed by atoms with Gasteiger partial charge < -0.3 is 29.9 Å². The summed E-state index contributed by atoms with van der Waals surface area (Å²) in [6, 6.07) is 19.8. The van der Waals surface area contributed by atoms with Gasteiger partial charge in [-0.05, 0) is 105 Å². The lowest BCUT2D eigenvalue weighted by Gasteiger charge is -2.40. The summed E-state index contributed by atoms with van der Waals surface area (Å²) in [7, 11) is 1.72. The van der Waals surface area contributed by atoms with Gasteiger partial charge in [-0.1, -0.05) is 37.5 Å². The third-order valence-corrected chi connectivity index (χ3v) is 10.9. The third kappa shape index (κ3) is 6.25. The Kier molecular flexibility index (Phi) is 9.16. The van der Waals surface area contributed by atoms with E-state index in [1.807, 2.05) is 12.1 Å². The van der Waals surface area contributed by atoms with Crippen molar-refractivity contribution in [1.82, 2.24) is 9.88 Å². The minimum absolute atomic E-state index is 0.246. The summed E-state index contributed by atoms with van der Waals surface area (Å²) in [5.41, 5.74) is 6.94. The smallest absolute Gasteiger partial charge is 0.328 e. The number of carboxylic acids is 1. The molecule has 7 rings (SSSR count). The number of aliphatic carboxylic acids is 1. The van der Waals surface area contributed by atoms with Crippen molar-refractivity contribution in [3.05, 3.63) is 83.4 Å². The molecule has 3 aliphatic rings. The number of rotatable bonds is 9. The first-order chi connectivity index (χ1) is 24.2. The molecule has 2 heterocycles. The number of benzene rings is 3. The number of methoxy groups -OCH3 is 1. The van der Waals surface area contributed by atoms with Crippen molar-refractivity contribution in [1.29, 1.82) is 0 Å². The molecule has 9 nitrogen and oxygen atoms in total. The fourth-order valence-corrected chi connectivity index (χ4v) is 8.11. The van der Waals surface area contributed by atoms with E-state index in [0.717, 1.165) is 49.7 Å². The van der Waals surface area contributed by atoms with Crippen LogP contribution in [0.15, 0.2) is 66.7 Å². The van der Waals surface area contributed by atoms with Crippen molar-refractivity contribution >= 4 is 46.1 Å². The zero-order chi connectivity index (χ0) is 35.0. The summed E-state index contributed by atoms with van der Waals surface area (Å²) in [5, 5.41) is 16.2. The van der Waals surface area contributed by atoms with Crippen LogP contribution in [0.4, 0.5) is 11.4 Å². The molecule has 9 heteroatoms. The molecular weight excluding hydrogens is 628 g/mol. The largest absolute Gasteiger partial charge is 0.497 e. The summed E-state index contributed by atoms with van der Waals surface area (Å²) in [5.74, 6) is -0.231. The van der Waals surface area contributed by atoms with Crippen LogP contribution in [0.3, 0.4) is 0 Å². The lowest BCUT2D eigenvalue weighted by Crippen LogP contribution is -2.61. The van der Waals surface area contributed by atoms with Gasteiger partial charge in [-0.25, -0.2) is 4.79 Å². The van der Waals surface area contributed by atoms with Gasteiger partial charge in [-0.3, -0.25) is 9.59 Å². The summed E-state index contributed by atoms with van der Waals surface area (Å²) in [6.45, 7) is 6.08. The van der Waals surface area contributed by atoms with Crippen LogP contribution in [0.2, 0.25) is 0 Å². The summed E-state index contributed by atoms with van der Waals surface area (Å²) >= 11 is 0. The highest BCUT2D eigenvalue weighted by Gasteiger charge is 2.45. The molecule has 2 aliphatic carbocycles. The zero-order valence-electron chi connectivity index (χ0n) is 29.1. The zero-order valence-corrected chi connectivity index (χ0v) is 29.1. The van der Waals surface area contributed by atoms with E-state index < -0.39 is 11.5 Å². The quantitative estimate of drug-likeness (QED) is 0.155. The van der Waals surface area contributed by atoms with Crippen LogP contribution in [0, 0.1) is 0 Å². The molecule has 0 radical (unpaired) electrons. The van der Waals surface area contributed by atoms with E-state index in [1.165, 1.54) is 53.2 Å². The highest BCUT2D eigenvalue weighted by molar-refractivity contribution is 6.06. The van der Waals surface area contributed by atoms with Crippen LogP contribution >= 0.6 is 0 Å². The Balaban J connectivity index is 1.22. The van der Waals surface area contributed by atoms with Crippen LogP contribution in [0.1, 0.15) is 92.6 Å². The van der Waals surface area contributed by atoms with E-state index >= 15 is 0 Å². The van der Waals surface area contributed by atoms with Crippen molar-refractivity contribution < 1.29 is 24.2 Å². The molecule has 4 aromatic rings. The molecule has 0 bridgehead atoms. The first kappa shape index (κ1) is 33.4. The van der Waals surface area contributed by atoms with Gasteiger partial charge in [0, 0.05) is 59.0 Å². The van der Waals surface area contributed by atoms with Crippen molar-refractivity contribution in [2.75, 3.05) is 23.9 Å². The van der Waals surface area contributed by atoms with Gasteiger partial charge in [0.2, 0.25) is 5.91 Å². The maximum Gasteiger partial charge on any atom is 0.328 e.